The summed E-state index contributed by atoms with van der Waals surface area (Å²) in [6.07, 6.45) is 5.84. The van der Waals surface area contributed by atoms with Crippen LogP contribution in [0.2, 0.25) is 0 Å². The SMILES string of the molecule is CN=C(NC1CCC1)N(C)Cc1ccc[nH]1. The molecule has 1 aromatic heterocycles. The number of aromatic nitrogens is 1. The van der Waals surface area contributed by atoms with Crippen molar-refractivity contribution in [1.29, 1.82) is 0 Å². The van der Waals surface area contributed by atoms with Gasteiger partial charge in [-0.3, -0.25) is 4.99 Å². The molecule has 0 atom stereocenters. The molecule has 1 aromatic rings. The van der Waals surface area contributed by atoms with Gasteiger partial charge in [0.25, 0.3) is 0 Å². The Morgan fingerprint density at radius 2 is 2.44 bits per heavy atom. The number of hydrogen-bond acceptors (Lipinski definition) is 1. The van der Waals surface area contributed by atoms with Crippen LogP contribution in [-0.2, 0) is 6.54 Å². The van der Waals surface area contributed by atoms with Crippen molar-refractivity contribution < 1.29 is 0 Å². The van der Waals surface area contributed by atoms with E-state index in [2.05, 4.69) is 33.3 Å². The topological polar surface area (TPSA) is 43.4 Å². The van der Waals surface area contributed by atoms with Gasteiger partial charge in [-0.15, -0.1) is 0 Å². The summed E-state index contributed by atoms with van der Waals surface area (Å²) in [5, 5.41) is 3.48. The van der Waals surface area contributed by atoms with Crippen LogP contribution in [0.15, 0.2) is 23.3 Å². The molecule has 0 saturated heterocycles. The van der Waals surface area contributed by atoms with E-state index in [9.17, 15) is 0 Å². The van der Waals surface area contributed by atoms with Crippen molar-refractivity contribution >= 4 is 5.96 Å². The number of aliphatic imine (C=N–C) groups is 1. The van der Waals surface area contributed by atoms with Crippen LogP contribution in [0.4, 0.5) is 0 Å². The van der Waals surface area contributed by atoms with E-state index in [1.807, 2.05) is 19.3 Å². The van der Waals surface area contributed by atoms with Crippen molar-refractivity contribution in [2.75, 3.05) is 14.1 Å². The van der Waals surface area contributed by atoms with Gasteiger partial charge < -0.3 is 15.2 Å². The van der Waals surface area contributed by atoms with Crippen LogP contribution in [0.5, 0.6) is 0 Å². The number of hydrogen-bond donors (Lipinski definition) is 2. The minimum absolute atomic E-state index is 0.629. The first-order valence-electron chi connectivity index (χ1n) is 5.86. The summed E-state index contributed by atoms with van der Waals surface area (Å²) < 4.78 is 0. The molecular weight excluding hydrogens is 200 g/mol. The summed E-state index contributed by atoms with van der Waals surface area (Å²) in [5.74, 6) is 0.985. The summed E-state index contributed by atoms with van der Waals surface area (Å²) in [4.78, 5) is 9.65. The lowest BCUT2D eigenvalue weighted by atomic mass is 9.93. The molecule has 0 aliphatic heterocycles. The van der Waals surface area contributed by atoms with Gasteiger partial charge in [-0.25, -0.2) is 0 Å². The minimum atomic E-state index is 0.629. The highest BCUT2D eigenvalue weighted by molar-refractivity contribution is 5.79. The molecule has 0 spiro atoms. The predicted molar refractivity (Wildman–Crippen MR) is 66.4 cm³/mol. The smallest absolute Gasteiger partial charge is 0.193 e. The first-order valence-corrected chi connectivity index (χ1v) is 5.86. The van der Waals surface area contributed by atoms with Gasteiger partial charge in [-0.2, -0.15) is 0 Å². The molecule has 0 amide bonds. The number of nitrogens with zero attached hydrogens (tertiary/aromatic N) is 2. The lowest BCUT2D eigenvalue weighted by Gasteiger charge is -2.31. The zero-order valence-electron chi connectivity index (χ0n) is 10.0. The Morgan fingerprint density at radius 3 is 2.94 bits per heavy atom. The molecule has 0 bridgehead atoms. The van der Waals surface area contributed by atoms with Crippen LogP contribution in [0.25, 0.3) is 0 Å². The average molecular weight is 220 g/mol. The van der Waals surface area contributed by atoms with Gasteiger partial charge in [0.15, 0.2) is 5.96 Å². The normalized spacial score (nSPS) is 17.0. The first kappa shape index (κ1) is 11.0. The van der Waals surface area contributed by atoms with Crippen LogP contribution in [-0.4, -0.2) is 36.0 Å². The maximum absolute atomic E-state index is 4.31. The zero-order valence-corrected chi connectivity index (χ0v) is 10.0. The van der Waals surface area contributed by atoms with Crippen molar-refractivity contribution in [3.63, 3.8) is 0 Å². The van der Waals surface area contributed by atoms with Gasteiger partial charge in [-0.05, 0) is 31.4 Å². The van der Waals surface area contributed by atoms with Gasteiger partial charge >= 0.3 is 0 Å². The summed E-state index contributed by atoms with van der Waals surface area (Å²) in [5.41, 5.74) is 1.21. The molecule has 0 unspecified atom stereocenters. The fourth-order valence-electron chi connectivity index (χ4n) is 1.88. The van der Waals surface area contributed by atoms with Gasteiger partial charge in [0.05, 0.1) is 6.54 Å². The number of guanidine groups is 1. The molecule has 1 fully saturated rings. The van der Waals surface area contributed by atoms with Gasteiger partial charge in [0.2, 0.25) is 0 Å². The third-order valence-electron chi connectivity index (χ3n) is 3.08. The monoisotopic (exact) mass is 220 g/mol. The molecule has 0 radical (unpaired) electrons. The Bertz CT molecular complexity index is 338. The van der Waals surface area contributed by atoms with E-state index in [0.717, 1.165) is 12.5 Å². The molecule has 4 nitrogen and oxygen atoms in total. The summed E-state index contributed by atoms with van der Waals surface area (Å²) >= 11 is 0. The van der Waals surface area contributed by atoms with E-state index in [1.165, 1.54) is 25.0 Å². The second-order valence-electron chi connectivity index (χ2n) is 4.37. The van der Waals surface area contributed by atoms with Gasteiger partial charge in [-0.1, -0.05) is 0 Å². The average Bonchev–Trinajstić information content (AvgIpc) is 2.69. The van der Waals surface area contributed by atoms with Crippen LogP contribution in [0.1, 0.15) is 25.0 Å². The van der Waals surface area contributed by atoms with Crippen LogP contribution in [0, 0.1) is 0 Å². The fourth-order valence-corrected chi connectivity index (χ4v) is 1.88. The third-order valence-corrected chi connectivity index (χ3v) is 3.08. The molecule has 0 aromatic carbocycles. The summed E-state index contributed by atoms with van der Waals surface area (Å²) in [7, 11) is 3.90. The van der Waals surface area contributed by atoms with Gasteiger partial charge in [0.1, 0.15) is 0 Å². The minimum Gasteiger partial charge on any atom is -0.364 e. The Morgan fingerprint density at radius 1 is 1.62 bits per heavy atom. The van der Waals surface area contributed by atoms with Crippen LogP contribution >= 0.6 is 0 Å². The maximum atomic E-state index is 4.31. The molecule has 1 aliphatic carbocycles. The quantitative estimate of drug-likeness (QED) is 0.600. The summed E-state index contributed by atoms with van der Waals surface area (Å²) in [6.45, 7) is 0.861. The Hall–Kier alpha value is -1.45. The second kappa shape index (κ2) is 5.05. The molecule has 1 aliphatic rings. The van der Waals surface area contributed by atoms with Crippen LogP contribution in [0.3, 0.4) is 0 Å². The largest absolute Gasteiger partial charge is 0.364 e. The van der Waals surface area contributed by atoms with E-state index in [1.54, 1.807) is 0 Å². The predicted octanol–water partition coefficient (Wildman–Crippen LogP) is 1.57. The Balaban J connectivity index is 1.88. The number of H-pyrrole nitrogens is 1. The van der Waals surface area contributed by atoms with E-state index in [0.29, 0.717) is 6.04 Å². The standard InChI is InChI=1S/C12H20N4/c1-13-12(15-10-5-3-6-10)16(2)9-11-7-4-8-14-11/h4,7-8,10,14H,3,5-6,9H2,1-2H3,(H,13,15). The highest BCUT2D eigenvalue weighted by atomic mass is 15.3. The molecular formula is C12H20N4. The fraction of sp³-hybridized carbons (Fsp3) is 0.583. The lowest BCUT2D eigenvalue weighted by Crippen LogP contribution is -2.46. The molecule has 1 saturated carbocycles. The summed E-state index contributed by atoms with van der Waals surface area (Å²) in [6, 6.07) is 4.74. The lowest BCUT2D eigenvalue weighted by molar-refractivity contribution is 0.359. The second-order valence-corrected chi connectivity index (χ2v) is 4.37. The van der Waals surface area contributed by atoms with E-state index in [4.69, 9.17) is 0 Å². The zero-order chi connectivity index (χ0) is 11.4. The van der Waals surface area contributed by atoms with Crippen molar-refractivity contribution in [2.45, 2.75) is 31.8 Å². The first-order chi connectivity index (χ1) is 7.79. The van der Waals surface area contributed by atoms with Gasteiger partial charge in [0, 0.05) is 32.0 Å². The highest BCUT2D eigenvalue weighted by Gasteiger charge is 2.19. The highest BCUT2D eigenvalue weighted by Crippen LogP contribution is 2.18. The van der Waals surface area contributed by atoms with Crippen molar-refractivity contribution in [2.24, 2.45) is 4.99 Å². The number of nitrogens with one attached hydrogen (secondary N) is 2. The van der Waals surface area contributed by atoms with Crippen molar-refractivity contribution in [1.82, 2.24) is 15.2 Å². The van der Waals surface area contributed by atoms with E-state index in [-0.39, 0.29) is 0 Å². The molecule has 1 heterocycles. The van der Waals surface area contributed by atoms with Crippen LogP contribution < -0.4 is 5.32 Å². The molecule has 4 heteroatoms. The molecule has 88 valence electrons. The number of aromatic amines is 1. The van der Waals surface area contributed by atoms with E-state index >= 15 is 0 Å². The van der Waals surface area contributed by atoms with E-state index < -0.39 is 0 Å². The Labute approximate surface area is 96.8 Å². The number of rotatable bonds is 3. The Kier molecular flexibility index (Phi) is 3.49. The molecule has 2 rings (SSSR count). The molecule has 2 N–H and O–H groups in total. The van der Waals surface area contributed by atoms with Crippen molar-refractivity contribution in [3.05, 3.63) is 24.0 Å². The molecule has 16 heavy (non-hydrogen) atoms. The van der Waals surface area contributed by atoms with Crippen molar-refractivity contribution in [3.8, 4) is 0 Å². The third kappa shape index (κ3) is 2.56. The maximum Gasteiger partial charge on any atom is 0.193 e.